The van der Waals surface area contributed by atoms with Gasteiger partial charge < -0.3 is 4.98 Å². The minimum absolute atomic E-state index is 0.208. The van der Waals surface area contributed by atoms with Crippen molar-refractivity contribution in [2.75, 3.05) is 0 Å². The number of aromatic nitrogens is 1. The summed E-state index contributed by atoms with van der Waals surface area (Å²) in [4.78, 5) is 4.78. The molecule has 1 aliphatic heterocycles. The highest BCUT2D eigenvalue weighted by molar-refractivity contribution is 8.22. The third-order valence-corrected chi connectivity index (χ3v) is 4.61. The Labute approximate surface area is 91.9 Å². The molecule has 3 rings (SSSR count). The smallest absolute Gasteiger partial charge is 0.0465 e. The first-order valence-electron chi connectivity index (χ1n) is 5.06. The van der Waals surface area contributed by atoms with Gasteiger partial charge in [0, 0.05) is 22.0 Å². The van der Waals surface area contributed by atoms with Crippen molar-refractivity contribution in [1.82, 2.24) is 4.98 Å². The van der Waals surface area contributed by atoms with E-state index >= 15 is 0 Å². The third kappa shape index (κ3) is 1.41. The molecular formula is C13H13NS. The molecule has 2 heteroatoms. The topological polar surface area (TPSA) is 15.8 Å². The molecule has 1 nitrogen and oxygen atoms in total. The first-order valence-corrected chi connectivity index (χ1v) is 6.54. The minimum atomic E-state index is -0.208. The number of rotatable bonds is 1. The number of aryl methyl sites for hydroxylation is 1. The van der Waals surface area contributed by atoms with Gasteiger partial charge in [0.15, 0.2) is 0 Å². The molecule has 0 saturated carbocycles. The fraction of sp³-hybridized carbons (Fsp3) is 0.0769. The Bertz CT molecular complexity index is 551. The average Bonchev–Trinajstić information content (AvgIpc) is 2.83. The van der Waals surface area contributed by atoms with E-state index in [4.69, 9.17) is 0 Å². The summed E-state index contributed by atoms with van der Waals surface area (Å²) in [5.74, 6) is 0. The van der Waals surface area contributed by atoms with Crippen LogP contribution < -0.4 is 0 Å². The summed E-state index contributed by atoms with van der Waals surface area (Å²) in [5, 5.41) is 5.96. The van der Waals surface area contributed by atoms with Crippen LogP contribution in [0.25, 0.3) is 10.9 Å². The van der Waals surface area contributed by atoms with Crippen LogP contribution in [0.3, 0.4) is 0 Å². The molecule has 0 spiro atoms. The molecule has 0 bridgehead atoms. The molecule has 1 aliphatic rings. The Morgan fingerprint density at radius 2 is 1.93 bits per heavy atom. The number of H-pyrrole nitrogens is 1. The number of aromatic amines is 1. The fourth-order valence-corrected chi connectivity index (χ4v) is 3.60. The fourth-order valence-electron chi connectivity index (χ4n) is 1.93. The van der Waals surface area contributed by atoms with Gasteiger partial charge in [0.25, 0.3) is 0 Å². The molecule has 0 atom stereocenters. The highest BCUT2D eigenvalue weighted by Gasteiger charge is 2.09. The molecule has 76 valence electrons. The second-order valence-corrected chi connectivity index (χ2v) is 5.71. The van der Waals surface area contributed by atoms with Gasteiger partial charge in [-0.1, -0.05) is 23.8 Å². The van der Waals surface area contributed by atoms with Crippen LogP contribution in [0.1, 0.15) is 5.56 Å². The van der Waals surface area contributed by atoms with Gasteiger partial charge in [-0.3, -0.25) is 0 Å². The summed E-state index contributed by atoms with van der Waals surface area (Å²) in [7, 11) is -0.208. The second-order valence-electron chi connectivity index (χ2n) is 3.81. The Balaban J connectivity index is 2.22. The Kier molecular flexibility index (Phi) is 1.96. The van der Waals surface area contributed by atoms with Crippen LogP contribution in [0, 0.1) is 6.92 Å². The summed E-state index contributed by atoms with van der Waals surface area (Å²) >= 11 is 0. The first kappa shape index (κ1) is 8.86. The van der Waals surface area contributed by atoms with Crippen LogP contribution in [0.15, 0.2) is 52.3 Å². The van der Waals surface area contributed by atoms with Crippen molar-refractivity contribution in [3.05, 3.63) is 52.9 Å². The Morgan fingerprint density at radius 1 is 1.13 bits per heavy atom. The highest BCUT2D eigenvalue weighted by Crippen LogP contribution is 2.45. The number of thiol groups is 1. The monoisotopic (exact) mass is 215 g/mol. The Hall–Kier alpha value is -1.41. The summed E-state index contributed by atoms with van der Waals surface area (Å²) in [6.45, 7) is 2.14. The van der Waals surface area contributed by atoms with Gasteiger partial charge in [0.2, 0.25) is 0 Å². The van der Waals surface area contributed by atoms with Crippen LogP contribution in [-0.2, 0) is 0 Å². The largest absolute Gasteiger partial charge is 0.360 e. The lowest BCUT2D eigenvalue weighted by Gasteiger charge is -2.08. The molecule has 0 unspecified atom stereocenters. The van der Waals surface area contributed by atoms with Gasteiger partial charge in [-0.25, -0.2) is 0 Å². The summed E-state index contributed by atoms with van der Waals surface area (Å²) in [6.07, 6.45) is 6.43. The van der Waals surface area contributed by atoms with Gasteiger partial charge >= 0.3 is 0 Å². The van der Waals surface area contributed by atoms with Gasteiger partial charge in [-0.15, -0.1) is 0 Å². The van der Waals surface area contributed by atoms with Crippen molar-refractivity contribution in [2.24, 2.45) is 0 Å². The third-order valence-electron chi connectivity index (χ3n) is 2.70. The molecule has 0 amide bonds. The van der Waals surface area contributed by atoms with Crippen molar-refractivity contribution < 1.29 is 0 Å². The number of benzene rings is 1. The van der Waals surface area contributed by atoms with Gasteiger partial charge in [-0.2, -0.15) is 10.9 Å². The molecule has 0 fully saturated rings. The van der Waals surface area contributed by atoms with E-state index < -0.39 is 0 Å². The molecule has 15 heavy (non-hydrogen) atoms. The summed E-state index contributed by atoms with van der Waals surface area (Å²) in [5.41, 5.74) is 2.57. The van der Waals surface area contributed by atoms with E-state index in [0.29, 0.717) is 0 Å². The molecular weight excluding hydrogens is 202 g/mol. The average molecular weight is 215 g/mol. The number of fused-ring (bicyclic) bond motifs is 1. The van der Waals surface area contributed by atoms with Gasteiger partial charge in [-0.05, 0) is 29.9 Å². The first-order chi connectivity index (χ1) is 7.34. The predicted octanol–water partition coefficient (Wildman–Crippen LogP) is 3.88. The highest BCUT2D eigenvalue weighted by atomic mass is 32.2. The van der Waals surface area contributed by atoms with Crippen molar-refractivity contribution in [2.45, 2.75) is 11.8 Å². The summed E-state index contributed by atoms with van der Waals surface area (Å²) in [6, 6.07) is 6.58. The minimum Gasteiger partial charge on any atom is -0.360 e. The van der Waals surface area contributed by atoms with Gasteiger partial charge in [0.1, 0.15) is 0 Å². The van der Waals surface area contributed by atoms with Crippen LogP contribution in [0.4, 0.5) is 0 Å². The maximum Gasteiger partial charge on any atom is 0.0465 e. The normalized spacial score (nSPS) is 16.7. The Morgan fingerprint density at radius 3 is 2.73 bits per heavy atom. The van der Waals surface area contributed by atoms with Crippen molar-refractivity contribution in [3.8, 4) is 0 Å². The van der Waals surface area contributed by atoms with Crippen molar-refractivity contribution in [3.63, 3.8) is 0 Å². The van der Waals surface area contributed by atoms with Crippen LogP contribution >= 0.6 is 10.9 Å². The zero-order valence-electron chi connectivity index (χ0n) is 8.57. The molecule has 0 aliphatic carbocycles. The quantitative estimate of drug-likeness (QED) is 0.672. The van der Waals surface area contributed by atoms with Crippen molar-refractivity contribution in [1.29, 1.82) is 0 Å². The van der Waals surface area contributed by atoms with Crippen LogP contribution in [0.5, 0.6) is 0 Å². The van der Waals surface area contributed by atoms with E-state index in [1.807, 2.05) is 0 Å². The number of hydrogen-bond acceptors (Lipinski definition) is 0. The zero-order valence-corrected chi connectivity index (χ0v) is 9.46. The number of hydrogen-bond donors (Lipinski definition) is 2. The van der Waals surface area contributed by atoms with Crippen molar-refractivity contribution >= 4 is 21.8 Å². The van der Waals surface area contributed by atoms with E-state index in [1.165, 1.54) is 21.4 Å². The lowest BCUT2D eigenvalue weighted by atomic mass is 10.2. The predicted molar refractivity (Wildman–Crippen MR) is 68.6 cm³/mol. The van der Waals surface area contributed by atoms with E-state index in [2.05, 4.69) is 59.3 Å². The lowest BCUT2D eigenvalue weighted by molar-refractivity contribution is 1.42. The second kappa shape index (κ2) is 3.31. The summed E-state index contributed by atoms with van der Waals surface area (Å²) < 4.78 is 0. The standard InChI is InChI=1S/C13H13NS/c1-10-4-5-12-11(8-10)13(9-14-12)15-6-2-3-7-15/h2-9,14-15H,1H3. The lowest BCUT2D eigenvalue weighted by Crippen LogP contribution is -1.74. The van der Waals surface area contributed by atoms with E-state index in [1.54, 1.807) is 0 Å². The van der Waals surface area contributed by atoms with Crippen LogP contribution in [0.2, 0.25) is 0 Å². The molecule has 0 saturated heterocycles. The molecule has 0 radical (unpaired) electrons. The zero-order chi connectivity index (χ0) is 10.3. The van der Waals surface area contributed by atoms with E-state index in [9.17, 15) is 0 Å². The molecule has 1 aromatic heterocycles. The van der Waals surface area contributed by atoms with Crippen LogP contribution in [-0.4, -0.2) is 4.98 Å². The molecule has 1 N–H and O–H groups in total. The molecule has 2 aromatic rings. The molecule has 2 heterocycles. The maximum absolute atomic E-state index is 3.34. The molecule has 1 aromatic carbocycles. The van der Waals surface area contributed by atoms with E-state index in [-0.39, 0.29) is 10.9 Å². The number of nitrogens with one attached hydrogen (secondary N) is 1. The van der Waals surface area contributed by atoms with Gasteiger partial charge in [0.05, 0.1) is 0 Å². The van der Waals surface area contributed by atoms with E-state index in [0.717, 1.165) is 0 Å². The number of allylic oxidation sites excluding steroid dienone is 2. The maximum atomic E-state index is 3.34. The SMILES string of the molecule is Cc1ccc2[nH]cc([SH]3C=CC=C3)c2c1.